The molecule has 6 nitrogen and oxygen atoms in total. The first-order valence-corrected chi connectivity index (χ1v) is 9.28. The number of aryl methyl sites for hydroxylation is 1. The number of hydrogen-bond acceptors (Lipinski definition) is 6. The molecule has 2 aromatic carbocycles. The van der Waals surface area contributed by atoms with Crippen LogP contribution in [0.2, 0.25) is 5.02 Å². The highest BCUT2D eigenvalue weighted by molar-refractivity contribution is 7.18. The SMILES string of the molecule is Cc1nc2ccc(NCC(=O)Nc3cc4c(cc3Cl)OCCO4)cc2s1. The van der Waals surface area contributed by atoms with Crippen LogP contribution in [0.4, 0.5) is 11.4 Å². The Labute approximate surface area is 159 Å². The molecule has 26 heavy (non-hydrogen) atoms. The number of benzene rings is 2. The van der Waals surface area contributed by atoms with Crippen LogP contribution in [-0.4, -0.2) is 30.6 Å². The molecule has 1 aliphatic heterocycles. The molecule has 0 aliphatic carbocycles. The van der Waals surface area contributed by atoms with Gasteiger partial charge < -0.3 is 20.1 Å². The van der Waals surface area contributed by atoms with Gasteiger partial charge in [-0.25, -0.2) is 4.98 Å². The maximum Gasteiger partial charge on any atom is 0.243 e. The highest BCUT2D eigenvalue weighted by Gasteiger charge is 2.16. The number of anilines is 2. The summed E-state index contributed by atoms with van der Waals surface area (Å²) >= 11 is 7.84. The van der Waals surface area contributed by atoms with Crippen molar-refractivity contribution in [1.29, 1.82) is 0 Å². The summed E-state index contributed by atoms with van der Waals surface area (Å²) in [5.41, 5.74) is 2.33. The van der Waals surface area contributed by atoms with Gasteiger partial charge in [0, 0.05) is 17.8 Å². The van der Waals surface area contributed by atoms with Crippen LogP contribution in [0.1, 0.15) is 5.01 Å². The fourth-order valence-corrected chi connectivity index (χ4v) is 3.75. The van der Waals surface area contributed by atoms with E-state index in [0.29, 0.717) is 35.4 Å². The topological polar surface area (TPSA) is 72.5 Å². The molecule has 4 rings (SSSR count). The Morgan fingerprint density at radius 1 is 1.23 bits per heavy atom. The standard InChI is InChI=1S/C18H16ClN3O3S/c1-10-21-13-3-2-11(6-17(13)26-10)20-9-18(23)22-14-8-16-15(7-12(14)19)24-4-5-25-16/h2-3,6-8,20H,4-5,9H2,1H3,(H,22,23). The van der Waals surface area contributed by atoms with Crippen molar-refractivity contribution in [3.05, 3.63) is 40.4 Å². The van der Waals surface area contributed by atoms with Crippen molar-refractivity contribution in [3.63, 3.8) is 0 Å². The van der Waals surface area contributed by atoms with Gasteiger partial charge in [0.15, 0.2) is 11.5 Å². The maximum atomic E-state index is 12.3. The van der Waals surface area contributed by atoms with E-state index in [1.165, 1.54) is 0 Å². The zero-order chi connectivity index (χ0) is 18.1. The summed E-state index contributed by atoms with van der Waals surface area (Å²) in [4.78, 5) is 16.7. The Morgan fingerprint density at radius 3 is 2.81 bits per heavy atom. The molecule has 2 N–H and O–H groups in total. The second-order valence-corrected chi connectivity index (χ2v) is 7.43. The highest BCUT2D eigenvalue weighted by Crippen LogP contribution is 2.37. The first kappa shape index (κ1) is 16.9. The van der Waals surface area contributed by atoms with Crippen LogP contribution in [-0.2, 0) is 4.79 Å². The predicted molar refractivity (Wildman–Crippen MR) is 104 cm³/mol. The molecule has 3 aromatic rings. The largest absolute Gasteiger partial charge is 0.486 e. The van der Waals surface area contributed by atoms with Crippen molar-refractivity contribution in [1.82, 2.24) is 4.98 Å². The lowest BCUT2D eigenvalue weighted by molar-refractivity contribution is -0.114. The number of amides is 1. The van der Waals surface area contributed by atoms with Gasteiger partial charge in [-0.1, -0.05) is 11.6 Å². The number of carbonyl (C=O) groups is 1. The van der Waals surface area contributed by atoms with E-state index >= 15 is 0 Å². The lowest BCUT2D eigenvalue weighted by atomic mass is 10.2. The minimum atomic E-state index is -0.204. The third kappa shape index (κ3) is 3.54. The van der Waals surface area contributed by atoms with Gasteiger partial charge in [0.05, 0.1) is 32.5 Å². The van der Waals surface area contributed by atoms with Gasteiger partial charge in [-0.05, 0) is 25.1 Å². The van der Waals surface area contributed by atoms with E-state index < -0.39 is 0 Å². The number of ether oxygens (including phenoxy) is 2. The minimum Gasteiger partial charge on any atom is -0.486 e. The average Bonchev–Trinajstić information content (AvgIpc) is 3.00. The molecule has 1 aliphatic rings. The zero-order valence-corrected chi connectivity index (χ0v) is 15.5. The molecule has 1 aromatic heterocycles. The molecule has 134 valence electrons. The lowest BCUT2D eigenvalue weighted by Gasteiger charge is -2.20. The summed E-state index contributed by atoms with van der Waals surface area (Å²) in [6, 6.07) is 9.17. The van der Waals surface area contributed by atoms with E-state index in [1.807, 2.05) is 25.1 Å². The smallest absolute Gasteiger partial charge is 0.243 e. The molecule has 1 amide bonds. The predicted octanol–water partition coefficient (Wildman–Crippen LogP) is 4.08. The van der Waals surface area contributed by atoms with E-state index in [0.717, 1.165) is 20.9 Å². The maximum absolute atomic E-state index is 12.3. The summed E-state index contributed by atoms with van der Waals surface area (Å²) in [5, 5.41) is 7.33. The van der Waals surface area contributed by atoms with Crippen molar-refractivity contribution in [2.75, 3.05) is 30.4 Å². The van der Waals surface area contributed by atoms with Crippen LogP contribution in [0, 0.1) is 6.92 Å². The minimum absolute atomic E-state index is 0.119. The molecular weight excluding hydrogens is 374 g/mol. The van der Waals surface area contributed by atoms with Gasteiger partial charge in [0.25, 0.3) is 0 Å². The number of aromatic nitrogens is 1. The van der Waals surface area contributed by atoms with E-state index in [9.17, 15) is 4.79 Å². The van der Waals surface area contributed by atoms with Gasteiger partial charge in [-0.3, -0.25) is 4.79 Å². The third-order valence-electron chi connectivity index (χ3n) is 3.85. The van der Waals surface area contributed by atoms with Crippen molar-refractivity contribution in [2.24, 2.45) is 0 Å². The van der Waals surface area contributed by atoms with Crippen molar-refractivity contribution in [2.45, 2.75) is 6.92 Å². The molecule has 8 heteroatoms. The quantitative estimate of drug-likeness (QED) is 0.703. The van der Waals surface area contributed by atoms with Crippen molar-refractivity contribution >= 4 is 50.4 Å². The summed E-state index contributed by atoms with van der Waals surface area (Å²) in [7, 11) is 0. The number of carbonyl (C=O) groups excluding carboxylic acids is 1. The summed E-state index contributed by atoms with van der Waals surface area (Å²) in [6.45, 7) is 3.06. The van der Waals surface area contributed by atoms with Gasteiger partial charge in [-0.2, -0.15) is 0 Å². The lowest BCUT2D eigenvalue weighted by Crippen LogP contribution is -2.22. The first-order valence-electron chi connectivity index (χ1n) is 8.08. The molecule has 0 radical (unpaired) electrons. The van der Waals surface area contributed by atoms with Crippen LogP contribution in [0.3, 0.4) is 0 Å². The Kier molecular flexibility index (Phi) is 4.57. The third-order valence-corrected chi connectivity index (χ3v) is 5.10. The molecule has 0 fully saturated rings. The van der Waals surface area contributed by atoms with Crippen LogP contribution >= 0.6 is 22.9 Å². The van der Waals surface area contributed by atoms with E-state index in [4.69, 9.17) is 21.1 Å². The fraction of sp³-hybridized carbons (Fsp3) is 0.222. The second-order valence-electron chi connectivity index (χ2n) is 5.79. The zero-order valence-electron chi connectivity index (χ0n) is 14.0. The summed E-state index contributed by atoms with van der Waals surface area (Å²) in [6.07, 6.45) is 0. The van der Waals surface area contributed by atoms with Gasteiger partial charge >= 0.3 is 0 Å². The Balaban J connectivity index is 1.42. The number of halogens is 1. The van der Waals surface area contributed by atoms with Crippen molar-refractivity contribution in [3.8, 4) is 11.5 Å². The van der Waals surface area contributed by atoms with Gasteiger partial charge in [0.2, 0.25) is 5.91 Å². The second kappa shape index (κ2) is 7.01. The molecule has 0 unspecified atom stereocenters. The van der Waals surface area contributed by atoms with Crippen LogP contribution < -0.4 is 20.1 Å². The van der Waals surface area contributed by atoms with E-state index in [2.05, 4.69) is 15.6 Å². The molecule has 0 atom stereocenters. The summed E-state index contributed by atoms with van der Waals surface area (Å²) in [5.74, 6) is 0.963. The number of nitrogens with one attached hydrogen (secondary N) is 2. The van der Waals surface area contributed by atoms with E-state index in [-0.39, 0.29) is 12.5 Å². The normalized spacial score (nSPS) is 12.8. The molecule has 0 saturated heterocycles. The summed E-state index contributed by atoms with van der Waals surface area (Å²) < 4.78 is 12.1. The Bertz CT molecular complexity index is 989. The number of hydrogen-bond donors (Lipinski definition) is 2. The van der Waals surface area contributed by atoms with Crippen LogP contribution in [0.15, 0.2) is 30.3 Å². The van der Waals surface area contributed by atoms with Gasteiger partial charge in [0.1, 0.15) is 13.2 Å². The monoisotopic (exact) mass is 389 g/mol. The molecule has 0 saturated carbocycles. The first-order chi connectivity index (χ1) is 12.6. The number of rotatable bonds is 4. The number of fused-ring (bicyclic) bond motifs is 2. The van der Waals surface area contributed by atoms with Crippen LogP contribution in [0.25, 0.3) is 10.2 Å². The van der Waals surface area contributed by atoms with Crippen LogP contribution in [0.5, 0.6) is 11.5 Å². The number of nitrogens with zero attached hydrogens (tertiary/aromatic N) is 1. The molecular formula is C18H16ClN3O3S. The molecule has 0 bridgehead atoms. The molecule has 2 heterocycles. The number of thiazole rings is 1. The highest BCUT2D eigenvalue weighted by atomic mass is 35.5. The Hall–Kier alpha value is -2.51. The molecule has 0 spiro atoms. The average molecular weight is 390 g/mol. The van der Waals surface area contributed by atoms with E-state index in [1.54, 1.807) is 23.5 Å². The van der Waals surface area contributed by atoms with Gasteiger partial charge in [-0.15, -0.1) is 11.3 Å². The Morgan fingerprint density at radius 2 is 2.00 bits per heavy atom. The fourth-order valence-electron chi connectivity index (χ4n) is 2.69. The van der Waals surface area contributed by atoms with Crippen molar-refractivity contribution < 1.29 is 14.3 Å².